The SMILES string of the molecule is COC(C)CNc1nc(C)cc(C)c1CO. The van der Waals surface area contributed by atoms with Crippen molar-refractivity contribution in [1.82, 2.24) is 4.98 Å². The van der Waals surface area contributed by atoms with Gasteiger partial charge in [-0.1, -0.05) is 0 Å². The van der Waals surface area contributed by atoms with Crippen molar-refractivity contribution in [3.8, 4) is 0 Å². The van der Waals surface area contributed by atoms with E-state index in [0.717, 1.165) is 22.6 Å². The van der Waals surface area contributed by atoms with Gasteiger partial charge >= 0.3 is 0 Å². The van der Waals surface area contributed by atoms with Crippen LogP contribution in [0.4, 0.5) is 5.82 Å². The molecular formula is C12H20N2O2. The van der Waals surface area contributed by atoms with Crippen molar-refractivity contribution in [2.45, 2.75) is 33.5 Å². The van der Waals surface area contributed by atoms with Crippen LogP contribution in [0.25, 0.3) is 0 Å². The van der Waals surface area contributed by atoms with Gasteiger partial charge in [-0.2, -0.15) is 0 Å². The highest BCUT2D eigenvalue weighted by atomic mass is 16.5. The molecule has 0 radical (unpaired) electrons. The number of rotatable bonds is 5. The van der Waals surface area contributed by atoms with Crippen LogP contribution in [0.15, 0.2) is 6.07 Å². The lowest BCUT2D eigenvalue weighted by Gasteiger charge is -2.15. The molecule has 0 amide bonds. The Kier molecular flexibility index (Phi) is 4.71. The summed E-state index contributed by atoms with van der Waals surface area (Å²) in [5, 5.41) is 12.5. The van der Waals surface area contributed by atoms with E-state index in [-0.39, 0.29) is 12.7 Å². The van der Waals surface area contributed by atoms with E-state index in [9.17, 15) is 5.11 Å². The van der Waals surface area contributed by atoms with Crippen LogP contribution in [0.2, 0.25) is 0 Å². The number of nitrogens with one attached hydrogen (secondary N) is 1. The molecule has 2 N–H and O–H groups in total. The predicted octanol–water partition coefficient (Wildman–Crippen LogP) is 1.64. The van der Waals surface area contributed by atoms with Crippen LogP contribution >= 0.6 is 0 Å². The Labute approximate surface area is 96.7 Å². The third kappa shape index (κ3) is 3.18. The number of anilines is 1. The van der Waals surface area contributed by atoms with E-state index in [1.165, 1.54) is 0 Å². The lowest BCUT2D eigenvalue weighted by molar-refractivity contribution is 0.128. The van der Waals surface area contributed by atoms with Crippen molar-refractivity contribution in [3.05, 3.63) is 22.9 Å². The lowest BCUT2D eigenvalue weighted by atomic mass is 10.1. The second kappa shape index (κ2) is 5.82. The molecule has 1 atom stereocenters. The number of hydrogen-bond donors (Lipinski definition) is 2. The Bertz CT molecular complexity index is 353. The monoisotopic (exact) mass is 224 g/mol. The van der Waals surface area contributed by atoms with Crippen molar-refractivity contribution < 1.29 is 9.84 Å². The minimum Gasteiger partial charge on any atom is -0.392 e. The minimum absolute atomic E-state index is 0.00279. The van der Waals surface area contributed by atoms with Crippen molar-refractivity contribution >= 4 is 5.82 Å². The fourth-order valence-electron chi connectivity index (χ4n) is 1.53. The van der Waals surface area contributed by atoms with E-state index < -0.39 is 0 Å². The van der Waals surface area contributed by atoms with E-state index in [0.29, 0.717) is 6.54 Å². The second-order valence-corrected chi connectivity index (χ2v) is 3.99. The largest absolute Gasteiger partial charge is 0.392 e. The molecule has 0 aliphatic rings. The summed E-state index contributed by atoms with van der Waals surface area (Å²) in [5.74, 6) is 0.754. The zero-order valence-electron chi connectivity index (χ0n) is 10.4. The molecule has 0 aliphatic heterocycles. The molecule has 1 rings (SSSR count). The highest BCUT2D eigenvalue weighted by Gasteiger charge is 2.08. The molecule has 1 aromatic rings. The van der Waals surface area contributed by atoms with Gasteiger partial charge in [0.05, 0.1) is 12.7 Å². The van der Waals surface area contributed by atoms with E-state index in [2.05, 4.69) is 10.3 Å². The van der Waals surface area contributed by atoms with Gasteiger partial charge in [-0.15, -0.1) is 0 Å². The topological polar surface area (TPSA) is 54.4 Å². The maximum atomic E-state index is 9.30. The number of aliphatic hydroxyl groups excluding tert-OH is 1. The first-order chi connectivity index (χ1) is 7.58. The summed E-state index contributed by atoms with van der Waals surface area (Å²) in [6.45, 7) is 6.58. The highest BCUT2D eigenvalue weighted by Crippen LogP contribution is 2.18. The number of aromatic nitrogens is 1. The smallest absolute Gasteiger partial charge is 0.132 e. The van der Waals surface area contributed by atoms with Crippen molar-refractivity contribution in [2.75, 3.05) is 19.0 Å². The number of ether oxygens (including phenoxy) is 1. The van der Waals surface area contributed by atoms with Crippen LogP contribution < -0.4 is 5.32 Å². The van der Waals surface area contributed by atoms with Crippen LogP contribution in [0, 0.1) is 13.8 Å². The van der Waals surface area contributed by atoms with Gasteiger partial charge in [0.1, 0.15) is 5.82 Å². The molecule has 0 aliphatic carbocycles. The number of nitrogens with zero attached hydrogens (tertiary/aromatic N) is 1. The normalized spacial score (nSPS) is 12.6. The van der Waals surface area contributed by atoms with Gasteiger partial charge in [0.2, 0.25) is 0 Å². The number of pyridine rings is 1. The molecule has 4 heteroatoms. The van der Waals surface area contributed by atoms with Crippen LogP contribution in [-0.2, 0) is 11.3 Å². The van der Waals surface area contributed by atoms with Crippen molar-refractivity contribution in [3.63, 3.8) is 0 Å². The Hall–Kier alpha value is -1.13. The average molecular weight is 224 g/mol. The standard InChI is InChI=1S/C12H20N2O2/c1-8-5-9(2)14-12(11(8)7-15)13-6-10(3)16-4/h5,10,15H,6-7H2,1-4H3,(H,13,14). The summed E-state index contributed by atoms with van der Waals surface area (Å²) in [4.78, 5) is 4.38. The molecule has 0 aromatic carbocycles. The van der Waals surface area contributed by atoms with E-state index in [1.807, 2.05) is 26.8 Å². The highest BCUT2D eigenvalue weighted by molar-refractivity contribution is 5.49. The summed E-state index contributed by atoms with van der Waals surface area (Å²) >= 11 is 0. The Morgan fingerprint density at radius 2 is 2.19 bits per heavy atom. The number of hydrogen-bond acceptors (Lipinski definition) is 4. The van der Waals surface area contributed by atoms with Gasteiger partial charge in [-0.25, -0.2) is 4.98 Å². The summed E-state index contributed by atoms with van der Waals surface area (Å²) in [6.07, 6.45) is 0.120. The molecule has 0 saturated carbocycles. The molecule has 0 spiro atoms. The molecule has 0 fully saturated rings. The Balaban J connectivity index is 2.85. The van der Waals surface area contributed by atoms with Gasteiger partial charge in [-0.05, 0) is 32.4 Å². The third-order valence-electron chi connectivity index (χ3n) is 2.59. The van der Waals surface area contributed by atoms with E-state index >= 15 is 0 Å². The van der Waals surface area contributed by atoms with Gasteiger partial charge in [-0.3, -0.25) is 0 Å². The predicted molar refractivity (Wildman–Crippen MR) is 64.6 cm³/mol. The van der Waals surface area contributed by atoms with Crippen LogP contribution in [0.1, 0.15) is 23.7 Å². The second-order valence-electron chi connectivity index (χ2n) is 3.99. The third-order valence-corrected chi connectivity index (χ3v) is 2.59. The molecule has 0 saturated heterocycles. The van der Waals surface area contributed by atoms with Crippen molar-refractivity contribution in [1.29, 1.82) is 0 Å². The number of methoxy groups -OCH3 is 1. The Morgan fingerprint density at radius 3 is 2.75 bits per heavy atom. The van der Waals surface area contributed by atoms with Gasteiger partial charge in [0.15, 0.2) is 0 Å². The maximum Gasteiger partial charge on any atom is 0.132 e. The summed E-state index contributed by atoms with van der Waals surface area (Å²) in [7, 11) is 1.67. The number of aryl methyl sites for hydroxylation is 2. The summed E-state index contributed by atoms with van der Waals surface area (Å²) in [5.41, 5.74) is 2.86. The fraction of sp³-hybridized carbons (Fsp3) is 0.583. The molecular weight excluding hydrogens is 204 g/mol. The summed E-state index contributed by atoms with van der Waals surface area (Å²) < 4.78 is 5.15. The van der Waals surface area contributed by atoms with Gasteiger partial charge in [0, 0.05) is 24.9 Å². The lowest BCUT2D eigenvalue weighted by Crippen LogP contribution is -2.20. The minimum atomic E-state index is 0.00279. The molecule has 4 nitrogen and oxygen atoms in total. The molecule has 1 heterocycles. The molecule has 1 unspecified atom stereocenters. The van der Waals surface area contributed by atoms with Crippen LogP contribution in [-0.4, -0.2) is 29.8 Å². The number of aliphatic hydroxyl groups is 1. The van der Waals surface area contributed by atoms with Gasteiger partial charge < -0.3 is 15.2 Å². The van der Waals surface area contributed by atoms with E-state index in [4.69, 9.17) is 4.74 Å². The quantitative estimate of drug-likeness (QED) is 0.798. The fourth-order valence-corrected chi connectivity index (χ4v) is 1.53. The van der Waals surface area contributed by atoms with Crippen LogP contribution in [0.3, 0.4) is 0 Å². The molecule has 0 bridgehead atoms. The van der Waals surface area contributed by atoms with E-state index in [1.54, 1.807) is 7.11 Å². The first-order valence-corrected chi connectivity index (χ1v) is 5.43. The zero-order chi connectivity index (χ0) is 12.1. The van der Waals surface area contributed by atoms with Crippen LogP contribution in [0.5, 0.6) is 0 Å². The molecule has 90 valence electrons. The Morgan fingerprint density at radius 1 is 1.50 bits per heavy atom. The zero-order valence-corrected chi connectivity index (χ0v) is 10.4. The molecule has 1 aromatic heterocycles. The van der Waals surface area contributed by atoms with Crippen molar-refractivity contribution in [2.24, 2.45) is 0 Å². The maximum absolute atomic E-state index is 9.30. The summed E-state index contributed by atoms with van der Waals surface area (Å²) in [6, 6.07) is 1.97. The van der Waals surface area contributed by atoms with Gasteiger partial charge in [0.25, 0.3) is 0 Å². The first-order valence-electron chi connectivity index (χ1n) is 5.43. The molecule has 16 heavy (non-hydrogen) atoms. The first kappa shape index (κ1) is 12.9. The average Bonchev–Trinajstić information content (AvgIpc) is 2.25.